The number of benzene rings is 1. The Hall–Kier alpha value is -2.83. The molecular formula is C14H16N2O5. The number of rotatable bonds is 6. The van der Waals surface area contributed by atoms with Gasteiger partial charge >= 0.3 is 5.97 Å². The first-order valence-corrected chi connectivity index (χ1v) is 6.23. The number of carbonyl (C=O) groups excluding carboxylic acids is 2. The van der Waals surface area contributed by atoms with E-state index in [-0.39, 0.29) is 6.42 Å². The highest BCUT2D eigenvalue weighted by atomic mass is 16.5. The first-order valence-electron chi connectivity index (χ1n) is 6.23. The third-order valence-corrected chi connectivity index (χ3v) is 2.30. The van der Waals surface area contributed by atoms with Gasteiger partial charge in [-0.3, -0.25) is 20.4 Å². The van der Waals surface area contributed by atoms with Gasteiger partial charge in [0.15, 0.2) is 0 Å². The topological polar surface area (TPSA) is 105 Å². The molecule has 1 rings (SSSR count). The van der Waals surface area contributed by atoms with Gasteiger partial charge in [-0.25, -0.2) is 4.79 Å². The van der Waals surface area contributed by atoms with E-state index in [1.54, 1.807) is 24.3 Å². The molecule has 21 heavy (non-hydrogen) atoms. The Morgan fingerprint density at radius 2 is 1.81 bits per heavy atom. The zero-order chi connectivity index (χ0) is 15.7. The van der Waals surface area contributed by atoms with Crippen molar-refractivity contribution in [3.05, 3.63) is 42.0 Å². The van der Waals surface area contributed by atoms with Gasteiger partial charge in [-0.1, -0.05) is 12.1 Å². The Morgan fingerprint density at radius 1 is 1.14 bits per heavy atom. The van der Waals surface area contributed by atoms with E-state index in [9.17, 15) is 14.4 Å². The monoisotopic (exact) mass is 292 g/mol. The van der Waals surface area contributed by atoms with Gasteiger partial charge in [-0.2, -0.15) is 0 Å². The number of nitrogens with one attached hydrogen (secondary N) is 2. The molecule has 0 aliphatic rings. The van der Waals surface area contributed by atoms with E-state index in [0.29, 0.717) is 18.4 Å². The highest BCUT2D eigenvalue weighted by Gasteiger charge is 2.04. The number of hydrogen-bond donors (Lipinski definition) is 3. The molecule has 0 radical (unpaired) electrons. The third-order valence-electron chi connectivity index (χ3n) is 2.30. The molecule has 112 valence electrons. The zero-order valence-corrected chi connectivity index (χ0v) is 11.5. The minimum Gasteiger partial charge on any atom is -0.494 e. The van der Waals surface area contributed by atoms with Crippen molar-refractivity contribution < 1.29 is 24.2 Å². The smallest absolute Gasteiger partial charge is 0.328 e. The van der Waals surface area contributed by atoms with E-state index in [1.165, 1.54) is 0 Å². The van der Waals surface area contributed by atoms with Crippen LogP contribution in [0.25, 0.3) is 0 Å². The number of amides is 2. The Labute approximate surface area is 121 Å². The summed E-state index contributed by atoms with van der Waals surface area (Å²) in [7, 11) is 0. The summed E-state index contributed by atoms with van der Waals surface area (Å²) >= 11 is 0. The van der Waals surface area contributed by atoms with Crippen molar-refractivity contribution in [2.24, 2.45) is 0 Å². The van der Waals surface area contributed by atoms with Crippen LogP contribution in [0, 0.1) is 0 Å². The Balaban J connectivity index is 2.39. The maximum Gasteiger partial charge on any atom is 0.328 e. The number of aliphatic carboxylic acids is 1. The lowest BCUT2D eigenvalue weighted by atomic mass is 10.1. The van der Waals surface area contributed by atoms with Gasteiger partial charge in [0.25, 0.3) is 5.91 Å². The lowest BCUT2D eigenvalue weighted by Gasteiger charge is -2.06. The van der Waals surface area contributed by atoms with Crippen LogP contribution in [0.2, 0.25) is 0 Å². The van der Waals surface area contributed by atoms with Gasteiger partial charge in [-0.15, -0.1) is 0 Å². The molecule has 0 aliphatic heterocycles. The first kappa shape index (κ1) is 16.2. The van der Waals surface area contributed by atoms with Crippen LogP contribution < -0.4 is 15.6 Å². The lowest BCUT2D eigenvalue weighted by Crippen LogP contribution is -2.41. The largest absolute Gasteiger partial charge is 0.494 e. The molecule has 0 saturated heterocycles. The SMILES string of the molecule is CCOc1ccc(CC(=O)NNC(=O)/C=C\C(=O)O)cc1. The van der Waals surface area contributed by atoms with Crippen LogP contribution in [0.4, 0.5) is 0 Å². The van der Waals surface area contributed by atoms with Crippen LogP contribution in [0.1, 0.15) is 12.5 Å². The van der Waals surface area contributed by atoms with Gasteiger partial charge in [0, 0.05) is 12.2 Å². The highest BCUT2D eigenvalue weighted by molar-refractivity contribution is 5.94. The van der Waals surface area contributed by atoms with Gasteiger partial charge in [0.05, 0.1) is 13.0 Å². The summed E-state index contributed by atoms with van der Waals surface area (Å²) in [6.45, 7) is 2.44. The van der Waals surface area contributed by atoms with Crippen molar-refractivity contribution in [3.8, 4) is 5.75 Å². The van der Waals surface area contributed by atoms with Crippen molar-refractivity contribution in [2.75, 3.05) is 6.61 Å². The number of carboxylic acids is 1. The molecule has 0 fully saturated rings. The first-order chi connectivity index (χ1) is 10.0. The van der Waals surface area contributed by atoms with Gasteiger partial charge in [0.1, 0.15) is 5.75 Å². The molecule has 7 heteroatoms. The minimum atomic E-state index is -1.24. The van der Waals surface area contributed by atoms with Crippen molar-refractivity contribution in [2.45, 2.75) is 13.3 Å². The van der Waals surface area contributed by atoms with E-state index < -0.39 is 17.8 Å². The molecule has 0 aromatic heterocycles. The predicted octanol–water partition coefficient (Wildman–Crippen LogP) is 0.416. The van der Waals surface area contributed by atoms with E-state index in [0.717, 1.165) is 11.6 Å². The van der Waals surface area contributed by atoms with Crippen LogP contribution in [0.15, 0.2) is 36.4 Å². The highest BCUT2D eigenvalue weighted by Crippen LogP contribution is 2.12. The molecule has 2 amide bonds. The number of carboxylic acid groups (broad SMARTS) is 1. The lowest BCUT2D eigenvalue weighted by molar-refractivity contribution is -0.131. The quantitative estimate of drug-likeness (QED) is 0.520. The fraction of sp³-hybridized carbons (Fsp3) is 0.214. The molecule has 0 unspecified atom stereocenters. The zero-order valence-electron chi connectivity index (χ0n) is 11.5. The average Bonchev–Trinajstić information content (AvgIpc) is 2.45. The van der Waals surface area contributed by atoms with Crippen LogP contribution in [0.3, 0.4) is 0 Å². The number of ether oxygens (including phenoxy) is 1. The maximum absolute atomic E-state index is 11.6. The average molecular weight is 292 g/mol. The normalized spacial score (nSPS) is 10.1. The summed E-state index contributed by atoms with van der Waals surface area (Å²) in [5.41, 5.74) is 5.01. The van der Waals surface area contributed by atoms with Crippen LogP contribution in [0.5, 0.6) is 5.75 Å². The van der Waals surface area contributed by atoms with Gasteiger partial charge in [0.2, 0.25) is 5.91 Å². The van der Waals surface area contributed by atoms with Crippen molar-refractivity contribution >= 4 is 17.8 Å². The second kappa shape index (κ2) is 8.36. The molecule has 0 atom stereocenters. The molecule has 0 spiro atoms. The summed E-state index contributed by atoms with van der Waals surface area (Å²) in [6.07, 6.45) is 1.56. The maximum atomic E-state index is 11.6. The Morgan fingerprint density at radius 3 is 2.38 bits per heavy atom. The summed E-state index contributed by atoms with van der Waals surface area (Å²) in [5, 5.41) is 8.33. The summed E-state index contributed by atoms with van der Waals surface area (Å²) in [6, 6.07) is 6.99. The third kappa shape index (κ3) is 6.76. The predicted molar refractivity (Wildman–Crippen MR) is 74.4 cm³/mol. The number of carbonyl (C=O) groups is 3. The molecule has 3 N–H and O–H groups in total. The molecule has 1 aromatic rings. The second-order valence-electron chi connectivity index (χ2n) is 3.96. The van der Waals surface area contributed by atoms with Crippen LogP contribution >= 0.6 is 0 Å². The van der Waals surface area contributed by atoms with E-state index >= 15 is 0 Å². The standard InChI is InChI=1S/C14H16N2O5/c1-2-21-11-5-3-10(4-6-11)9-13(18)16-15-12(17)7-8-14(19)20/h3-8H,2,9H2,1H3,(H,15,17)(H,16,18)(H,19,20)/b8-7-. The van der Waals surface area contributed by atoms with Crippen molar-refractivity contribution in [3.63, 3.8) is 0 Å². The molecule has 0 bridgehead atoms. The Kier molecular flexibility index (Phi) is 6.46. The summed E-state index contributed by atoms with van der Waals surface area (Å²) in [4.78, 5) is 32.9. The fourth-order valence-electron chi connectivity index (χ4n) is 1.42. The van der Waals surface area contributed by atoms with Crippen LogP contribution in [-0.2, 0) is 20.8 Å². The minimum absolute atomic E-state index is 0.0787. The number of hydrazine groups is 1. The number of hydrogen-bond acceptors (Lipinski definition) is 4. The molecule has 0 heterocycles. The second-order valence-corrected chi connectivity index (χ2v) is 3.96. The van der Waals surface area contributed by atoms with Gasteiger partial charge in [-0.05, 0) is 24.6 Å². The molecular weight excluding hydrogens is 276 g/mol. The van der Waals surface area contributed by atoms with E-state index in [2.05, 4.69) is 10.9 Å². The molecule has 1 aromatic carbocycles. The van der Waals surface area contributed by atoms with Gasteiger partial charge < -0.3 is 9.84 Å². The molecule has 0 saturated carbocycles. The van der Waals surface area contributed by atoms with E-state index in [4.69, 9.17) is 9.84 Å². The molecule has 0 aliphatic carbocycles. The summed E-state index contributed by atoms with van der Waals surface area (Å²) in [5.74, 6) is -1.67. The molecule has 7 nitrogen and oxygen atoms in total. The van der Waals surface area contributed by atoms with E-state index in [1.807, 2.05) is 6.92 Å². The Bertz CT molecular complexity index is 537. The van der Waals surface area contributed by atoms with Crippen molar-refractivity contribution in [1.82, 2.24) is 10.9 Å². The van der Waals surface area contributed by atoms with Crippen LogP contribution in [-0.4, -0.2) is 29.5 Å². The van der Waals surface area contributed by atoms with Crippen molar-refractivity contribution in [1.29, 1.82) is 0 Å². The summed E-state index contributed by atoms with van der Waals surface area (Å²) < 4.78 is 5.28. The fourth-order valence-corrected chi connectivity index (χ4v) is 1.42.